The molecule has 1 aromatic carbocycles. The first-order chi connectivity index (χ1) is 15.5. The van der Waals surface area contributed by atoms with Crippen LogP contribution in [0.2, 0.25) is 0 Å². The van der Waals surface area contributed by atoms with Crippen LogP contribution in [0.25, 0.3) is 0 Å². The molecule has 33 heavy (non-hydrogen) atoms. The molecule has 0 atom stereocenters. The van der Waals surface area contributed by atoms with E-state index in [9.17, 15) is 0 Å². The van der Waals surface area contributed by atoms with Gasteiger partial charge in [0.25, 0.3) is 0 Å². The maximum absolute atomic E-state index is 5.60. The van der Waals surface area contributed by atoms with Gasteiger partial charge in [-0.2, -0.15) is 0 Å². The van der Waals surface area contributed by atoms with Crippen LogP contribution in [0.3, 0.4) is 0 Å². The maximum Gasteiger partial charge on any atom is 0.0642 e. The van der Waals surface area contributed by atoms with Crippen LogP contribution in [0.15, 0.2) is 18.2 Å². The van der Waals surface area contributed by atoms with Gasteiger partial charge in [-0.25, -0.2) is 0 Å². The summed E-state index contributed by atoms with van der Waals surface area (Å²) in [6, 6.07) is 7.36. The molecule has 0 N–H and O–H groups in total. The SMILES string of the molecule is COCCN1CCN(c2cc(N3CCOCC3)ccc2C2CCC(C(C)(C)C)CC2)CC1.Cl. The number of methoxy groups -OCH3 is 1. The predicted molar refractivity (Wildman–Crippen MR) is 141 cm³/mol. The molecular formula is C27H46ClN3O2. The fourth-order valence-corrected chi connectivity index (χ4v) is 5.87. The number of hydrogen-bond donors (Lipinski definition) is 0. The summed E-state index contributed by atoms with van der Waals surface area (Å²) in [7, 11) is 1.80. The Morgan fingerprint density at radius 2 is 1.58 bits per heavy atom. The van der Waals surface area contributed by atoms with E-state index in [1.54, 1.807) is 12.7 Å². The van der Waals surface area contributed by atoms with Crippen molar-refractivity contribution in [2.75, 3.05) is 82.5 Å². The minimum Gasteiger partial charge on any atom is -0.383 e. The van der Waals surface area contributed by atoms with Crippen molar-refractivity contribution in [1.29, 1.82) is 0 Å². The van der Waals surface area contributed by atoms with Crippen molar-refractivity contribution in [3.8, 4) is 0 Å². The van der Waals surface area contributed by atoms with Crippen molar-refractivity contribution in [3.63, 3.8) is 0 Å². The minimum atomic E-state index is 0. The molecular weight excluding hydrogens is 434 g/mol. The van der Waals surface area contributed by atoms with Crippen LogP contribution < -0.4 is 9.80 Å². The van der Waals surface area contributed by atoms with Gasteiger partial charge in [0.15, 0.2) is 0 Å². The predicted octanol–water partition coefficient (Wildman–Crippen LogP) is 5.03. The molecule has 0 radical (unpaired) electrons. The molecule has 0 amide bonds. The highest BCUT2D eigenvalue weighted by Gasteiger charge is 2.32. The van der Waals surface area contributed by atoms with Crippen LogP contribution in [0.5, 0.6) is 0 Å². The molecule has 1 aliphatic carbocycles. The molecule has 2 heterocycles. The van der Waals surface area contributed by atoms with Crippen LogP contribution in [-0.4, -0.2) is 77.6 Å². The van der Waals surface area contributed by atoms with Gasteiger partial charge >= 0.3 is 0 Å². The number of piperazine rings is 1. The van der Waals surface area contributed by atoms with Gasteiger partial charge in [-0.15, -0.1) is 12.4 Å². The highest BCUT2D eigenvalue weighted by molar-refractivity contribution is 5.85. The quantitative estimate of drug-likeness (QED) is 0.570. The summed E-state index contributed by atoms with van der Waals surface area (Å²) < 4.78 is 10.9. The average Bonchev–Trinajstić information content (AvgIpc) is 2.83. The first-order valence-electron chi connectivity index (χ1n) is 12.9. The topological polar surface area (TPSA) is 28.2 Å². The van der Waals surface area contributed by atoms with Crippen LogP contribution in [0.4, 0.5) is 11.4 Å². The molecule has 1 saturated carbocycles. The van der Waals surface area contributed by atoms with Crippen LogP contribution in [-0.2, 0) is 9.47 Å². The fraction of sp³-hybridized carbons (Fsp3) is 0.778. The lowest BCUT2D eigenvalue weighted by atomic mass is 9.68. The molecule has 3 fully saturated rings. The number of hydrogen-bond acceptors (Lipinski definition) is 5. The number of rotatable bonds is 6. The van der Waals surface area contributed by atoms with Gasteiger partial charge in [0.1, 0.15) is 0 Å². The molecule has 3 aliphatic rings. The number of morpholine rings is 1. The largest absolute Gasteiger partial charge is 0.383 e. The highest BCUT2D eigenvalue weighted by Crippen LogP contribution is 2.46. The lowest BCUT2D eigenvalue weighted by molar-refractivity contribution is 0.122. The zero-order valence-electron chi connectivity index (χ0n) is 21.4. The molecule has 4 rings (SSSR count). The summed E-state index contributed by atoms with van der Waals surface area (Å²) in [6.45, 7) is 17.3. The van der Waals surface area contributed by atoms with Gasteiger partial charge < -0.3 is 19.3 Å². The van der Waals surface area contributed by atoms with Crippen molar-refractivity contribution >= 4 is 23.8 Å². The van der Waals surface area contributed by atoms with Gasteiger partial charge in [-0.3, -0.25) is 4.90 Å². The van der Waals surface area contributed by atoms with E-state index in [0.29, 0.717) is 11.3 Å². The van der Waals surface area contributed by atoms with E-state index in [4.69, 9.17) is 9.47 Å². The van der Waals surface area contributed by atoms with Crippen molar-refractivity contribution in [3.05, 3.63) is 23.8 Å². The highest BCUT2D eigenvalue weighted by atomic mass is 35.5. The molecule has 2 saturated heterocycles. The Kier molecular flexibility index (Phi) is 9.75. The van der Waals surface area contributed by atoms with Gasteiger partial charge in [-0.05, 0) is 60.6 Å². The summed E-state index contributed by atoms with van der Waals surface area (Å²) in [5.41, 5.74) is 4.91. The van der Waals surface area contributed by atoms with Crippen molar-refractivity contribution in [2.24, 2.45) is 11.3 Å². The smallest absolute Gasteiger partial charge is 0.0642 e. The molecule has 0 unspecified atom stereocenters. The maximum atomic E-state index is 5.60. The zero-order chi connectivity index (χ0) is 22.6. The number of anilines is 2. The van der Waals surface area contributed by atoms with Gasteiger partial charge in [0.2, 0.25) is 0 Å². The molecule has 6 heteroatoms. The van der Waals surface area contributed by atoms with E-state index >= 15 is 0 Å². The Bertz CT molecular complexity index is 717. The standard InChI is InChI=1S/C27H45N3O2.ClH/c1-27(2,3)23-7-5-22(6-8-23)25-10-9-24(29-16-19-32-20-17-29)21-26(25)30-13-11-28(12-14-30)15-18-31-4;/h9-10,21-23H,5-8,11-20H2,1-4H3;1H. The fourth-order valence-electron chi connectivity index (χ4n) is 5.87. The molecule has 5 nitrogen and oxygen atoms in total. The Hall–Kier alpha value is -1.01. The summed E-state index contributed by atoms with van der Waals surface area (Å²) in [4.78, 5) is 7.71. The zero-order valence-corrected chi connectivity index (χ0v) is 22.2. The lowest BCUT2D eigenvalue weighted by Crippen LogP contribution is -2.47. The number of halogens is 1. The first-order valence-corrected chi connectivity index (χ1v) is 12.9. The van der Waals surface area contributed by atoms with Gasteiger partial charge in [-0.1, -0.05) is 26.8 Å². The van der Waals surface area contributed by atoms with Gasteiger partial charge in [0.05, 0.1) is 19.8 Å². The summed E-state index contributed by atoms with van der Waals surface area (Å²) in [6.07, 6.45) is 5.40. The summed E-state index contributed by atoms with van der Waals surface area (Å²) in [5.74, 6) is 1.56. The Morgan fingerprint density at radius 3 is 2.18 bits per heavy atom. The Labute approximate surface area is 208 Å². The molecule has 0 aromatic heterocycles. The number of nitrogens with zero attached hydrogens (tertiary/aromatic N) is 3. The van der Waals surface area contributed by atoms with Crippen LogP contribution >= 0.6 is 12.4 Å². The van der Waals surface area contributed by atoms with Gasteiger partial charge in [0, 0.05) is 64.3 Å². The van der Waals surface area contributed by atoms with E-state index in [0.717, 1.165) is 71.6 Å². The number of benzene rings is 1. The monoisotopic (exact) mass is 479 g/mol. The Morgan fingerprint density at radius 1 is 0.909 bits per heavy atom. The normalized spacial score (nSPS) is 25.1. The van der Waals surface area contributed by atoms with Crippen LogP contribution in [0.1, 0.15) is 57.9 Å². The second-order valence-corrected chi connectivity index (χ2v) is 11.1. The minimum absolute atomic E-state index is 0. The first kappa shape index (κ1) is 26.6. The van der Waals surface area contributed by atoms with E-state index in [1.165, 1.54) is 37.1 Å². The van der Waals surface area contributed by atoms with Crippen LogP contribution in [0, 0.1) is 11.3 Å². The molecule has 2 aliphatic heterocycles. The lowest BCUT2D eigenvalue weighted by Gasteiger charge is -2.41. The van der Waals surface area contributed by atoms with E-state index < -0.39 is 0 Å². The molecule has 188 valence electrons. The number of ether oxygens (including phenoxy) is 2. The third-order valence-electron chi connectivity index (χ3n) is 8.11. The molecule has 0 bridgehead atoms. The van der Waals surface area contributed by atoms with Crippen molar-refractivity contribution in [1.82, 2.24) is 4.90 Å². The summed E-state index contributed by atoms with van der Waals surface area (Å²) >= 11 is 0. The molecule has 1 aromatic rings. The third-order valence-corrected chi connectivity index (χ3v) is 8.11. The van der Waals surface area contributed by atoms with Crippen molar-refractivity contribution in [2.45, 2.75) is 52.4 Å². The Balaban J connectivity index is 0.00000306. The van der Waals surface area contributed by atoms with E-state index in [-0.39, 0.29) is 12.4 Å². The molecule has 0 spiro atoms. The average molecular weight is 480 g/mol. The second kappa shape index (κ2) is 12.1. The van der Waals surface area contributed by atoms with Crippen molar-refractivity contribution < 1.29 is 9.47 Å². The summed E-state index contributed by atoms with van der Waals surface area (Å²) in [5, 5.41) is 0. The van der Waals surface area contributed by atoms with E-state index in [1.807, 2.05) is 0 Å². The van der Waals surface area contributed by atoms with E-state index in [2.05, 4.69) is 53.7 Å². The third kappa shape index (κ3) is 6.78. The second-order valence-electron chi connectivity index (χ2n) is 11.1.